The van der Waals surface area contributed by atoms with Gasteiger partial charge in [-0.3, -0.25) is 0 Å². The highest BCUT2D eigenvalue weighted by atomic mass is 19.4. The Hall–Kier alpha value is -1.56. The number of hydrogen-bond donors (Lipinski definition) is 1. The summed E-state index contributed by atoms with van der Waals surface area (Å²) >= 11 is 0. The average Bonchev–Trinajstić information content (AvgIpc) is 2.65. The Bertz CT molecular complexity index is 545. The summed E-state index contributed by atoms with van der Waals surface area (Å²) in [6, 6.07) is 6.80. The first-order chi connectivity index (χ1) is 8.42. The Morgan fingerprint density at radius 2 is 2.00 bits per heavy atom. The van der Waals surface area contributed by atoms with E-state index in [1.807, 2.05) is 0 Å². The monoisotopic (exact) mass is 257 g/mol. The zero-order valence-electron chi connectivity index (χ0n) is 9.91. The summed E-state index contributed by atoms with van der Waals surface area (Å²) in [4.78, 5) is 4.25. The van der Waals surface area contributed by atoms with Crippen LogP contribution in [0.1, 0.15) is 18.7 Å². The molecule has 18 heavy (non-hydrogen) atoms. The van der Waals surface area contributed by atoms with Gasteiger partial charge in [0.15, 0.2) is 0 Å². The zero-order chi connectivity index (χ0) is 13.3. The van der Waals surface area contributed by atoms with Crippen molar-refractivity contribution in [3.63, 3.8) is 0 Å². The molecule has 0 aliphatic rings. The number of para-hydroxylation sites is 2. The largest absolute Gasteiger partial charge is 0.406 e. The molecular weight excluding hydrogens is 243 g/mol. The number of aromatic nitrogens is 2. The van der Waals surface area contributed by atoms with Gasteiger partial charge in [-0.05, 0) is 12.1 Å². The fourth-order valence-corrected chi connectivity index (χ4v) is 1.92. The van der Waals surface area contributed by atoms with E-state index in [4.69, 9.17) is 5.73 Å². The molecule has 2 aromatic rings. The molecule has 1 atom stereocenters. The van der Waals surface area contributed by atoms with E-state index in [0.717, 1.165) is 0 Å². The van der Waals surface area contributed by atoms with Crippen LogP contribution in [0.15, 0.2) is 24.3 Å². The number of nitrogens with two attached hydrogens (primary N) is 1. The molecule has 1 unspecified atom stereocenters. The maximum atomic E-state index is 12.6. The Morgan fingerprint density at radius 1 is 1.33 bits per heavy atom. The predicted molar refractivity (Wildman–Crippen MR) is 63.3 cm³/mol. The second kappa shape index (κ2) is 4.61. The van der Waals surface area contributed by atoms with Crippen LogP contribution in [0.3, 0.4) is 0 Å². The molecule has 0 saturated heterocycles. The number of fused-ring (bicyclic) bond motifs is 1. The molecule has 6 heteroatoms. The normalized spacial score (nSPS) is 14.1. The van der Waals surface area contributed by atoms with Crippen molar-refractivity contribution in [1.82, 2.24) is 9.55 Å². The molecule has 0 radical (unpaired) electrons. The van der Waals surface area contributed by atoms with Gasteiger partial charge in [-0.25, -0.2) is 4.98 Å². The summed E-state index contributed by atoms with van der Waals surface area (Å²) in [5.41, 5.74) is 6.58. The summed E-state index contributed by atoms with van der Waals surface area (Å²) in [5.74, 6) is 0.177. The molecule has 0 bridgehead atoms. The minimum absolute atomic E-state index is 0.209. The van der Waals surface area contributed by atoms with Gasteiger partial charge < -0.3 is 10.3 Å². The Kier molecular flexibility index (Phi) is 3.30. The molecule has 98 valence electrons. The Morgan fingerprint density at radius 3 is 2.61 bits per heavy atom. The molecule has 0 aliphatic carbocycles. The lowest BCUT2D eigenvalue weighted by atomic mass is 10.2. The summed E-state index contributed by atoms with van der Waals surface area (Å²) in [7, 11) is 0. The van der Waals surface area contributed by atoms with Crippen LogP contribution in [0.25, 0.3) is 11.0 Å². The fraction of sp³-hybridized carbons (Fsp3) is 0.417. The number of nitrogens with zero attached hydrogens (tertiary/aromatic N) is 2. The van der Waals surface area contributed by atoms with Crippen molar-refractivity contribution in [2.24, 2.45) is 5.73 Å². The number of imidazole rings is 1. The first-order valence-corrected chi connectivity index (χ1v) is 5.64. The van der Waals surface area contributed by atoms with E-state index in [1.165, 1.54) is 4.57 Å². The highest BCUT2D eigenvalue weighted by Crippen LogP contribution is 2.26. The number of hydrogen-bond acceptors (Lipinski definition) is 2. The van der Waals surface area contributed by atoms with Crippen molar-refractivity contribution in [2.75, 3.05) is 6.54 Å². The molecule has 1 aromatic heterocycles. The van der Waals surface area contributed by atoms with Crippen molar-refractivity contribution >= 4 is 11.0 Å². The van der Waals surface area contributed by atoms with E-state index in [-0.39, 0.29) is 12.5 Å². The zero-order valence-corrected chi connectivity index (χ0v) is 9.91. The lowest BCUT2D eigenvalue weighted by Gasteiger charge is -2.14. The van der Waals surface area contributed by atoms with Gasteiger partial charge in [0.25, 0.3) is 0 Å². The smallest absolute Gasteiger partial charge is 0.330 e. The van der Waals surface area contributed by atoms with E-state index in [2.05, 4.69) is 4.98 Å². The van der Waals surface area contributed by atoms with Crippen molar-refractivity contribution in [1.29, 1.82) is 0 Å². The topological polar surface area (TPSA) is 43.8 Å². The van der Waals surface area contributed by atoms with Crippen LogP contribution in [0.2, 0.25) is 0 Å². The van der Waals surface area contributed by atoms with Crippen molar-refractivity contribution in [3.05, 3.63) is 30.1 Å². The SMILES string of the molecule is CC(CN)c1nc2ccccc2n1CC(F)(F)F. The van der Waals surface area contributed by atoms with Crippen LogP contribution in [0, 0.1) is 0 Å². The average molecular weight is 257 g/mol. The van der Waals surface area contributed by atoms with Gasteiger partial charge in [0.05, 0.1) is 11.0 Å². The molecule has 0 fully saturated rings. The van der Waals surface area contributed by atoms with E-state index in [1.54, 1.807) is 31.2 Å². The van der Waals surface area contributed by atoms with Crippen LogP contribution in [0.4, 0.5) is 13.2 Å². The molecule has 1 heterocycles. The molecule has 0 amide bonds. The van der Waals surface area contributed by atoms with Gasteiger partial charge in [-0.2, -0.15) is 13.2 Å². The van der Waals surface area contributed by atoms with Gasteiger partial charge in [0.1, 0.15) is 12.4 Å². The standard InChI is InChI=1S/C12H14F3N3/c1-8(6-16)11-17-9-4-2-3-5-10(9)18(11)7-12(13,14)15/h2-5,8H,6-7,16H2,1H3. The summed E-state index contributed by atoms with van der Waals surface area (Å²) in [6.07, 6.45) is -4.27. The van der Waals surface area contributed by atoms with Crippen LogP contribution in [0.5, 0.6) is 0 Å². The molecule has 0 saturated carbocycles. The number of benzene rings is 1. The summed E-state index contributed by atoms with van der Waals surface area (Å²) in [5, 5.41) is 0. The Balaban J connectivity index is 2.58. The van der Waals surface area contributed by atoms with Crippen LogP contribution < -0.4 is 5.73 Å². The first-order valence-electron chi connectivity index (χ1n) is 5.64. The molecular formula is C12H14F3N3. The second-order valence-corrected chi connectivity index (χ2v) is 4.30. The highest BCUT2D eigenvalue weighted by molar-refractivity contribution is 5.76. The molecule has 0 aliphatic heterocycles. The number of rotatable bonds is 3. The van der Waals surface area contributed by atoms with Gasteiger partial charge in [0, 0.05) is 12.5 Å². The summed E-state index contributed by atoms with van der Waals surface area (Å²) < 4.78 is 39.0. The molecule has 2 rings (SSSR count). The minimum atomic E-state index is -4.27. The van der Waals surface area contributed by atoms with E-state index in [9.17, 15) is 13.2 Å². The third-order valence-corrected chi connectivity index (χ3v) is 2.82. The van der Waals surface area contributed by atoms with E-state index in [0.29, 0.717) is 16.9 Å². The summed E-state index contributed by atoms with van der Waals surface area (Å²) in [6.45, 7) is 1.00. The van der Waals surface area contributed by atoms with Crippen LogP contribution >= 0.6 is 0 Å². The maximum absolute atomic E-state index is 12.6. The molecule has 0 spiro atoms. The molecule has 1 aromatic carbocycles. The first kappa shape index (κ1) is 12.9. The third kappa shape index (κ3) is 2.48. The highest BCUT2D eigenvalue weighted by Gasteiger charge is 2.30. The van der Waals surface area contributed by atoms with E-state index < -0.39 is 12.7 Å². The molecule has 2 N–H and O–H groups in total. The third-order valence-electron chi connectivity index (χ3n) is 2.82. The molecule has 3 nitrogen and oxygen atoms in total. The number of halogens is 3. The second-order valence-electron chi connectivity index (χ2n) is 4.30. The van der Waals surface area contributed by atoms with Gasteiger partial charge in [-0.15, -0.1) is 0 Å². The lowest BCUT2D eigenvalue weighted by molar-refractivity contribution is -0.140. The predicted octanol–water partition coefficient (Wildman–Crippen LogP) is 2.66. The Labute approximate surface area is 102 Å². The maximum Gasteiger partial charge on any atom is 0.406 e. The van der Waals surface area contributed by atoms with E-state index >= 15 is 0 Å². The lowest BCUT2D eigenvalue weighted by Crippen LogP contribution is -2.22. The van der Waals surface area contributed by atoms with Crippen LogP contribution in [-0.2, 0) is 6.54 Å². The fourth-order valence-electron chi connectivity index (χ4n) is 1.92. The van der Waals surface area contributed by atoms with Gasteiger partial charge >= 0.3 is 6.18 Å². The van der Waals surface area contributed by atoms with Crippen LogP contribution in [-0.4, -0.2) is 22.3 Å². The number of alkyl halides is 3. The van der Waals surface area contributed by atoms with Crippen molar-refractivity contribution in [2.45, 2.75) is 25.6 Å². The minimum Gasteiger partial charge on any atom is -0.330 e. The van der Waals surface area contributed by atoms with Crippen molar-refractivity contribution in [3.8, 4) is 0 Å². The van der Waals surface area contributed by atoms with Gasteiger partial charge in [0.2, 0.25) is 0 Å². The quantitative estimate of drug-likeness (QED) is 0.918. The van der Waals surface area contributed by atoms with Gasteiger partial charge in [-0.1, -0.05) is 19.1 Å². The van der Waals surface area contributed by atoms with Crippen molar-refractivity contribution < 1.29 is 13.2 Å².